The molecule has 0 saturated carbocycles. The monoisotopic (exact) mass is 541 g/mol. The Morgan fingerprint density at radius 3 is 1.81 bits per heavy atom. The molecule has 0 aromatic rings. The van der Waals surface area contributed by atoms with Gasteiger partial charge in [0.15, 0.2) is 8.32 Å². The lowest BCUT2D eigenvalue weighted by molar-refractivity contribution is -0.137. The lowest BCUT2D eigenvalue weighted by Gasteiger charge is -2.41. The van der Waals surface area contributed by atoms with E-state index in [2.05, 4.69) is 59.5 Å². The summed E-state index contributed by atoms with van der Waals surface area (Å²) in [7, 11) is -1.85. The molecular formula is C32H67NO3Si. The summed E-state index contributed by atoms with van der Waals surface area (Å²) < 4.78 is 7.03. The van der Waals surface area contributed by atoms with Crippen LogP contribution in [0.4, 0.5) is 0 Å². The Morgan fingerprint density at radius 1 is 0.784 bits per heavy atom. The molecule has 37 heavy (non-hydrogen) atoms. The van der Waals surface area contributed by atoms with Crippen LogP contribution in [0.15, 0.2) is 0 Å². The van der Waals surface area contributed by atoms with Crippen molar-refractivity contribution < 1.29 is 14.3 Å². The second-order valence-corrected chi connectivity index (χ2v) is 18.1. The Kier molecular flexibility index (Phi) is 21.2. The van der Waals surface area contributed by atoms with Gasteiger partial charge >= 0.3 is 5.97 Å². The fourth-order valence-corrected chi connectivity index (χ4v) is 6.27. The van der Waals surface area contributed by atoms with Gasteiger partial charge in [0.05, 0.1) is 6.10 Å². The first kappa shape index (κ1) is 36.6. The number of carboxylic acids is 1. The van der Waals surface area contributed by atoms with Crippen LogP contribution in [0.3, 0.4) is 0 Å². The van der Waals surface area contributed by atoms with Gasteiger partial charge in [-0.25, -0.2) is 0 Å². The second kappa shape index (κ2) is 21.4. The van der Waals surface area contributed by atoms with Crippen molar-refractivity contribution in [2.45, 2.75) is 175 Å². The summed E-state index contributed by atoms with van der Waals surface area (Å²) in [5.74, 6) is -0.00147. The first-order chi connectivity index (χ1) is 17.4. The molecule has 0 aromatic heterocycles. The molecule has 0 heterocycles. The fraction of sp³-hybridized carbons (Fsp3) is 0.969. The van der Waals surface area contributed by atoms with Gasteiger partial charge in [-0.2, -0.15) is 0 Å². The molecule has 0 amide bonds. The van der Waals surface area contributed by atoms with Gasteiger partial charge in [-0.1, -0.05) is 119 Å². The van der Waals surface area contributed by atoms with E-state index in [1.807, 2.05) is 0 Å². The summed E-state index contributed by atoms with van der Waals surface area (Å²) in [6, 6.07) is 0. The highest BCUT2D eigenvalue weighted by atomic mass is 28.4. The van der Waals surface area contributed by atoms with Crippen LogP contribution in [0, 0.1) is 5.92 Å². The minimum absolute atomic E-state index is 0.212. The molecule has 0 aliphatic heterocycles. The van der Waals surface area contributed by atoms with Gasteiger partial charge in [0.25, 0.3) is 0 Å². The number of hydrogen-bond acceptors (Lipinski definition) is 3. The summed E-state index contributed by atoms with van der Waals surface area (Å²) in [6.45, 7) is 21.9. The van der Waals surface area contributed by atoms with E-state index in [1.54, 1.807) is 0 Å². The van der Waals surface area contributed by atoms with Crippen molar-refractivity contribution in [3.05, 3.63) is 0 Å². The summed E-state index contributed by atoms with van der Waals surface area (Å²) in [4.78, 5) is 13.7. The molecule has 0 bridgehead atoms. The molecule has 4 nitrogen and oxygen atoms in total. The molecule has 0 aliphatic carbocycles. The van der Waals surface area contributed by atoms with Crippen molar-refractivity contribution in [3.63, 3.8) is 0 Å². The van der Waals surface area contributed by atoms with E-state index in [0.717, 1.165) is 38.9 Å². The van der Waals surface area contributed by atoms with Crippen molar-refractivity contribution in [3.8, 4) is 0 Å². The van der Waals surface area contributed by atoms with Crippen molar-refractivity contribution in [1.82, 2.24) is 4.90 Å². The SMILES string of the molecule is CCCCCCCCC(C)CN(CCCCC(=O)O)CC(CCCCCCCC)O[Si](C)(C)C(C)(C)C. The number of unbranched alkanes of at least 4 members (excludes halogenated alkanes) is 11. The predicted octanol–water partition coefficient (Wildman–Crippen LogP) is 10.1. The van der Waals surface area contributed by atoms with Crippen LogP contribution in [0.1, 0.15) is 151 Å². The van der Waals surface area contributed by atoms with Gasteiger partial charge in [-0.3, -0.25) is 4.79 Å². The Hall–Kier alpha value is -0.393. The molecule has 0 aromatic carbocycles. The number of rotatable bonds is 25. The molecule has 2 atom stereocenters. The maximum Gasteiger partial charge on any atom is 0.303 e. The number of carboxylic acid groups (broad SMARTS) is 1. The van der Waals surface area contributed by atoms with Crippen LogP contribution in [0.25, 0.3) is 0 Å². The van der Waals surface area contributed by atoms with Gasteiger partial charge in [-0.15, -0.1) is 0 Å². The van der Waals surface area contributed by atoms with Crippen LogP contribution < -0.4 is 0 Å². The minimum Gasteiger partial charge on any atom is -0.481 e. The standard InChI is InChI=1S/C32H67NO3Si/c1-9-11-13-15-17-19-23-29(3)27-33(26-22-21-25-31(34)35)28-30(24-20-18-16-14-12-10-2)36-37(7,8)32(4,5)6/h29-30H,9-28H2,1-8H3,(H,34,35). The summed E-state index contributed by atoms with van der Waals surface area (Å²) in [5.41, 5.74) is 0. The average molecular weight is 542 g/mol. The Morgan fingerprint density at radius 2 is 1.30 bits per heavy atom. The van der Waals surface area contributed by atoms with Gasteiger partial charge < -0.3 is 14.4 Å². The molecule has 0 rings (SSSR count). The van der Waals surface area contributed by atoms with Gasteiger partial charge in [0.2, 0.25) is 0 Å². The summed E-state index contributed by atoms with van der Waals surface area (Å²) >= 11 is 0. The highest BCUT2D eigenvalue weighted by Crippen LogP contribution is 2.38. The number of aliphatic carboxylic acids is 1. The second-order valence-electron chi connectivity index (χ2n) is 13.3. The van der Waals surface area contributed by atoms with Gasteiger partial charge in [0, 0.05) is 19.5 Å². The third-order valence-electron chi connectivity index (χ3n) is 8.34. The highest BCUT2D eigenvalue weighted by Gasteiger charge is 2.39. The van der Waals surface area contributed by atoms with E-state index >= 15 is 0 Å². The normalized spacial score (nSPS) is 14.3. The Labute approximate surface area is 233 Å². The van der Waals surface area contributed by atoms with Crippen molar-refractivity contribution in [1.29, 1.82) is 0 Å². The molecule has 5 heteroatoms. The van der Waals surface area contributed by atoms with Crippen molar-refractivity contribution in [2.24, 2.45) is 5.92 Å². The molecule has 0 radical (unpaired) electrons. The van der Waals surface area contributed by atoms with Crippen LogP contribution in [0.2, 0.25) is 18.1 Å². The average Bonchev–Trinajstić information content (AvgIpc) is 2.80. The van der Waals surface area contributed by atoms with Crippen LogP contribution in [0.5, 0.6) is 0 Å². The van der Waals surface area contributed by atoms with Crippen LogP contribution >= 0.6 is 0 Å². The Balaban J connectivity index is 5.13. The van der Waals surface area contributed by atoms with E-state index < -0.39 is 14.3 Å². The maximum absolute atomic E-state index is 11.0. The van der Waals surface area contributed by atoms with E-state index in [4.69, 9.17) is 9.53 Å². The molecule has 0 fully saturated rings. The lowest BCUT2D eigenvalue weighted by Crippen LogP contribution is -2.47. The number of carbonyl (C=O) groups is 1. The predicted molar refractivity (Wildman–Crippen MR) is 165 cm³/mol. The van der Waals surface area contributed by atoms with E-state index in [1.165, 1.54) is 83.5 Å². The molecular weight excluding hydrogens is 474 g/mol. The smallest absolute Gasteiger partial charge is 0.303 e. The van der Waals surface area contributed by atoms with Crippen LogP contribution in [-0.2, 0) is 9.22 Å². The first-order valence-electron chi connectivity index (χ1n) is 16.0. The molecule has 222 valence electrons. The van der Waals surface area contributed by atoms with Crippen LogP contribution in [-0.4, -0.2) is 50.0 Å². The third kappa shape index (κ3) is 20.2. The van der Waals surface area contributed by atoms with Gasteiger partial charge in [0.1, 0.15) is 0 Å². The topological polar surface area (TPSA) is 49.8 Å². The fourth-order valence-electron chi connectivity index (χ4n) is 4.90. The maximum atomic E-state index is 11.0. The highest BCUT2D eigenvalue weighted by molar-refractivity contribution is 6.74. The zero-order valence-corrected chi connectivity index (χ0v) is 27.5. The van der Waals surface area contributed by atoms with E-state index in [9.17, 15) is 4.79 Å². The molecule has 0 aliphatic rings. The molecule has 1 N–H and O–H groups in total. The number of nitrogens with zero attached hydrogens (tertiary/aromatic N) is 1. The third-order valence-corrected chi connectivity index (χ3v) is 12.9. The van der Waals surface area contributed by atoms with E-state index in [0.29, 0.717) is 5.92 Å². The zero-order chi connectivity index (χ0) is 28.2. The quantitative estimate of drug-likeness (QED) is 0.0922. The minimum atomic E-state index is -1.85. The molecule has 0 saturated heterocycles. The number of hydrogen-bond donors (Lipinski definition) is 1. The first-order valence-corrected chi connectivity index (χ1v) is 19.0. The molecule has 0 spiro atoms. The summed E-state index contributed by atoms with van der Waals surface area (Å²) in [5, 5.41) is 9.31. The van der Waals surface area contributed by atoms with Crippen molar-refractivity contribution >= 4 is 14.3 Å². The van der Waals surface area contributed by atoms with E-state index in [-0.39, 0.29) is 17.6 Å². The van der Waals surface area contributed by atoms with Gasteiger partial charge in [-0.05, 0) is 56.3 Å². The zero-order valence-electron chi connectivity index (χ0n) is 26.5. The lowest BCUT2D eigenvalue weighted by atomic mass is 10.0. The molecule has 2 unspecified atom stereocenters. The Bertz CT molecular complexity index is 547. The summed E-state index contributed by atoms with van der Waals surface area (Å²) in [6.07, 6.45) is 20.8. The largest absolute Gasteiger partial charge is 0.481 e. The van der Waals surface area contributed by atoms with Crippen molar-refractivity contribution in [2.75, 3.05) is 19.6 Å².